The van der Waals surface area contributed by atoms with Gasteiger partial charge in [0.25, 0.3) is 5.91 Å². The number of sulfonamides is 1. The van der Waals surface area contributed by atoms with Gasteiger partial charge in [-0.2, -0.15) is 4.31 Å². The Bertz CT molecular complexity index is 1260. The van der Waals surface area contributed by atoms with Gasteiger partial charge in [-0.3, -0.25) is 4.79 Å². The average Bonchev–Trinajstić information content (AvgIpc) is 3.07. The molecule has 0 aliphatic carbocycles. The van der Waals surface area contributed by atoms with Crippen LogP contribution in [0.3, 0.4) is 0 Å². The van der Waals surface area contributed by atoms with Crippen LogP contribution in [0, 0.1) is 0 Å². The normalized spacial score (nSPS) is 19.9. The van der Waals surface area contributed by atoms with E-state index in [2.05, 4.69) is 10.3 Å². The Morgan fingerprint density at radius 3 is 2.56 bits per heavy atom. The van der Waals surface area contributed by atoms with Crippen molar-refractivity contribution >= 4 is 38.6 Å². The van der Waals surface area contributed by atoms with Crippen LogP contribution in [0.25, 0.3) is 11.0 Å². The zero-order chi connectivity index (χ0) is 23.0. The Labute approximate surface area is 192 Å². The number of morpholine rings is 1. The van der Waals surface area contributed by atoms with E-state index in [0.29, 0.717) is 5.82 Å². The van der Waals surface area contributed by atoms with Crippen molar-refractivity contribution in [1.29, 1.82) is 0 Å². The predicted octanol–water partition coefficient (Wildman–Crippen LogP) is 2.95. The number of ether oxygens (including phenoxy) is 1. The number of aromatic nitrogens is 2. The zero-order valence-electron chi connectivity index (χ0n) is 18.1. The maximum Gasteiger partial charge on any atom is 0.251 e. The maximum absolute atomic E-state index is 13.2. The lowest BCUT2D eigenvalue weighted by Gasteiger charge is -2.34. The fourth-order valence-corrected chi connectivity index (χ4v) is 6.01. The highest BCUT2D eigenvalue weighted by molar-refractivity contribution is 7.89. The third-order valence-corrected chi connectivity index (χ3v) is 7.80. The minimum absolute atomic E-state index is 0.0729. The Morgan fingerprint density at radius 2 is 1.88 bits per heavy atom. The summed E-state index contributed by atoms with van der Waals surface area (Å²) in [5.74, 6) is 0.284. The standard InChI is InChI=1S/C22H25ClN4O4S/c1-14-12-27(13-15(2)31-14)32(29,30)20-10-16(8-9-17(20)23)22(28)24-11-21-25-18-6-4-5-7-19(18)26(21)3/h4-10,14-15H,11-13H2,1-3H3,(H,24,28). The molecule has 2 unspecified atom stereocenters. The van der Waals surface area contributed by atoms with E-state index in [0.717, 1.165) is 11.0 Å². The molecule has 8 nitrogen and oxygen atoms in total. The molecule has 2 atom stereocenters. The number of carbonyl (C=O) groups excluding carboxylic acids is 1. The fourth-order valence-electron chi connectivity index (χ4n) is 3.92. The van der Waals surface area contributed by atoms with Crippen LogP contribution in [0.2, 0.25) is 5.02 Å². The van der Waals surface area contributed by atoms with Gasteiger partial charge in [0.15, 0.2) is 0 Å². The second kappa shape index (κ2) is 8.82. The van der Waals surface area contributed by atoms with Crippen molar-refractivity contribution in [2.24, 2.45) is 7.05 Å². The minimum Gasteiger partial charge on any atom is -0.373 e. The highest BCUT2D eigenvalue weighted by atomic mass is 35.5. The molecule has 0 radical (unpaired) electrons. The smallest absolute Gasteiger partial charge is 0.251 e. The molecule has 2 aromatic carbocycles. The monoisotopic (exact) mass is 476 g/mol. The molecule has 0 spiro atoms. The number of imidazole rings is 1. The van der Waals surface area contributed by atoms with Gasteiger partial charge in [0.2, 0.25) is 10.0 Å². The summed E-state index contributed by atoms with van der Waals surface area (Å²) in [4.78, 5) is 17.2. The molecule has 0 saturated carbocycles. The summed E-state index contributed by atoms with van der Waals surface area (Å²) in [5, 5.41) is 2.89. The first-order valence-electron chi connectivity index (χ1n) is 10.3. The van der Waals surface area contributed by atoms with Gasteiger partial charge >= 0.3 is 0 Å². The third kappa shape index (κ3) is 4.38. The molecule has 10 heteroatoms. The van der Waals surface area contributed by atoms with E-state index in [4.69, 9.17) is 16.3 Å². The van der Waals surface area contributed by atoms with Crippen LogP contribution in [-0.2, 0) is 28.4 Å². The molecule has 1 saturated heterocycles. The maximum atomic E-state index is 13.2. The van der Waals surface area contributed by atoms with Crippen LogP contribution < -0.4 is 5.32 Å². The van der Waals surface area contributed by atoms with E-state index in [9.17, 15) is 13.2 Å². The van der Waals surface area contributed by atoms with Crippen molar-refractivity contribution in [1.82, 2.24) is 19.2 Å². The molecular weight excluding hydrogens is 452 g/mol. The van der Waals surface area contributed by atoms with E-state index in [1.165, 1.54) is 22.5 Å². The molecule has 3 aromatic rings. The van der Waals surface area contributed by atoms with Crippen molar-refractivity contribution in [3.63, 3.8) is 0 Å². The Balaban J connectivity index is 1.55. The molecule has 0 bridgehead atoms. The molecule has 1 aliphatic heterocycles. The molecule has 170 valence electrons. The number of hydrogen-bond donors (Lipinski definition) is 1. The summed E-state index contributed by atoms with van der Waals surface area (Å²) < 4.78 is 35.4. The van der Waals surface area contributed by atoms with Crippen molar-refractivity contribution < 1.29 is 17.9 Å². The lowest BCUT2D eigenvalue weighted by molar-refractivity contribution is -0.0440. The second-order valence-corrected chi connectivity index (χ2v) is 10.3. The number of rotatable bonds is 5. The largest absolute Gasteiger partial charge is 0.373 e. The summed E-state index contributed by atoms with van der Waals surface area (Å²) in [6.07, 6.45) is -0.459. The van der Waals surface area contributed by atoms with Gasteiger partial charge in [-0.25, -0.2) is 13.4 Å². The summed E-state index contributed by atoms with van der Waals surface area (Å²) in [7, 11) is -2.00. The molecule has 1 N–H and O–H groups in total. The van der Waals surface area contributed by atoms with Gasteiger partial charge in [-0.1, -0.05) is 23.7 Å². The predicted molar refractivity (Wildman–Crippen MR) is 122 cm³/mol. The Morgan fingerprint density at radius 1 is 1.19 bits per heavy atom. The first kappa shape index (κ1) is 22.7. The summed E-state index contributed by atoms with van der Waals surface area (Å²) in [5.41, 5.74) is 2.01. The first-order valence-corrected chi connectivity index (χ1v) is 12.1. The number of carbonyl (C=O) groups is 1. The SMILES string of the molecule is CC1CN(S(=O)(=O)c2cc(C(=O)NCc3nc4ccccc4n3C)ccc2Cl)CC(C)O1. The van der Waals surface area contributed by atoms with E-state index in [1.54, 1.807) is 0 Å². The van der Waals surface area contributed by atoms with Crippen molar-refractivity contribution in [2.75, 3.05) is 13.1 Å². The van der Waals surface area contributed by atoms with E-state index in [-0.39, 0.29) is 47.3 Å². The third-order valence-electron chi connectivity index (χ3n) is 5.48. The number of fused-ring (bicyclic) bond motifs is 1. The van der Waals surface area contributed by atoms with E-state index in [1.807, 2.05) is 49.7 Å². The van der Waals surface area contributed by atoms with Crippen LogP contribution >= 0.6 is 11.6 Å². The number of aryl methyl sites for hydroxylation is 1. The number of nitrogens with zero attached hydrogens (tertiary/aromatic N) is 3. The summed E-state index contributed by atoms with van der Waals surface area (Å²) >= 11 is 6.23. The van der Waals surface area contributed by atoms with Crippen molar-refractivity contribution in [3.8, 4) is 0 Å². The lowest BCUT2D eigenvalue weighted by Crippen LogP contribution is -2.48. The zero-order valence-corrected chi connectivity index (χ0v) is 19.7. The Hall–Kier alpha value is -2.46. The van der Waals surface area contributed by atoms with Crippen LogP contribution in [0.5, 0.6) is 0 Å². The number of halogens is 1. The number of nitrogens with one attached hydrogen (secondary N) is 1. The highest BCUT2D eigenvalue weighted by Crippen LogP contribution is 2.28. The first-order chi connectivity index (χ1) is 15.2. The summed E-state index contributed by atoms with van der Waals surface area (Å²) in [6, 6.07) is 12.0. The van der Waals surface area contributed by atoms with Gasteiger partial charge in [0.1, 0.15) is 10.7 Å². The minimum atomic E-state index is -3.88. The molecule has 1 amide bonds. The number of hydrogen-bond acceptors (Lipinski definition) is 5. The number of benzene rings is 2. The van der Waals surface area contributed by atoms with Crippen LogP contribution in [0.1, 0.15) is 30.0 Å². The fraction of sp³-hybridized carbons (Fsp3) is 0.364. The highest BCUT2D eigenvalue weighted by Gasteiger charge is 2.33. The van der Waals surface area contributed by atoms with Gasteiger partial charge in [-0.05, 0) is 44.2 Å². The van der Waals surface area contributed by atoms with Gasteiger partial charge in [-0.15, -0.1) is 0 Å². The van der Waals surface area contributed by atoms with Gasteiger partial charge < -0.3 is 14.6 Å². The Kier molecular flexibility index (Phi) is 6.26. The molecule has 1 aliphatic rings. The van der Waals surface area contributed by atoms with Crippen molar-refractivity contribution in [3.05, 3.63) is 58.9 Å². The number of amides is 1. The molecular formula is C22H25ClN4O4S. The van der Waals surface area contributed by atoms with Crippen molar-refractivity contribution in [2.45, 2.75) is 37.5 Å². The molecule has 4 rings (SSSR count). The van der Waals surface area contributed by atoms with Crippen LogP contribution in [0.15, 0.2) is 47.4 Å². The van der Waals surface area contributed by atoms with E-state index >= 15 is 0 Å². The average molecular weight is 477 g/mol. The van der Waals surface area contributed by atoms with Crippen LogP contribution in [0.4, 0.5) is 0 Å². The summed E-state index contributed by atoms with van der Waals surface area (Å²) in [6.45, 7) is 4.31. The number of para-hydroxylation sites is 2. The quantitative estimate of drug-likeness (QED) is 0.611. The topological polar surface area (TPSA) is 93.5 Å². The molecule has 1 fully saturated rings. The molecule has 1 aromatic heterocycles. The van der Waals surface area contributed by atoms with Gasteiger partial charge in [0.05, 0.1) is 34.8 Å². The lowest BCUT2D eigenvalue weighted by atomic mass is 10.2. The molecule has 2 heterocycles. The second-order valence-electron chi connectivity index (χ2n) is 7.98. The molecule has 32 heavy (non-hydrogen) atoms. The van der Waals surface area contributed by atoms with Gasteiger partial charge in [0, 0.05) is 25.7 Å². The van der Waals surface area contributed by atoms with E-state index < -0.39 is 15.9 Å². The van der Waals surface area contributed by atoms with Crippen LogP contribution in [-0.4, -0.2) is 53.5 Å².